The fourth-order valence-corrected chi connectivity index (χ4v) is 6.11. The zero-order valence-corrected chi connectivity index (χ0v) is 18.4. The molecule has 0 amide bonds. The lowest BCUT2D eigenvalue weighted by atomic mass is 9.82. The van der Waals surface area contributed by atoms with E-state index in [0.29, 0.717) is 19.1 Å². The maximum atomic E-state index is 11.9. The highest BCUT2D eigenvalue weighted by Gasteiger charge is 2.37. The Morgan fingerprint density at radius 2 is 1.83 bits per heavy atom. The normalized spacial score (nSPS) is 34.1. The summed E-state index contributed by atoms with van der Waals surface area (Å²) in [7, 11) is -3.26. The van der Waals surface area contributed by atoms with E-state index < -0.39 is 10.0 Å². The smallest absolute Gasteiger partial charge is 0.209 e. The van der Waals surface area contributed by atoms with Crippen LogP contribution in [0.3, 0.4) is 0 Å². The second-order valence-corrected chi connectivity index (χ2v) is 10.7. The van der Waals surface area contributed by atoms with E-state index in [1.54, 1.807) is 0 Å². The molecule has 3 heterocycles. The van der Waals surface area contributed by atoms with Crippen LogP contribution in [0.5, 0.6) is 5.75 Å². The van der Waals surface area contributed by atoms with Gasteiger partial charge in [0.1, 0.15) is 12.4 Å². The number of nitrogens with one attached hydrogen (secondary N) is 1. The molecule has 5 rings (SSSR count). The monoisotopic (exact) mass is 422 g/mol. The summed E-state index contributed by atoms with van der Waals surface area (Å²) in [5.74, 6) is 1.53. The summed E-state index contributed by atoms with van der Waals surface area (Å²) in [6.07, 6.45) is 7.64. The van der Waals surface area contributed by atoms with Gasteiger partial charge in [0.2, 0.25) is 10.0 Å². The van der Waals surface area contributed by atoms with E-state index in [2.05, 4.69) is 34.7 Å². The molecule has 2 bridgehead atoms. The van der Waals surface area contributed by atoms with Gasteiger partial charge in [0.25, 0.3) is 0 Å². The van der Waals surface area contributed by atoms with Crippen molar-refractivity contribution in [3.8, 4) is 5.75 Å². The van der Waals surface area contributed by atoms with Crippen LogP contribution in [0.25, 0.3) is 0 Å². The van der Waals surface area contributed by atoms with Crippen LogP contribution >= 0.6 is 0 Å². The largest absolute Gasteiger partial charge is 0.492 e. The molecule has 1 saturated carbocycles. The van der Waals surface area contributed by atoms with E-state index >= 15 is 0 Å². The number of fused-ring (bicyclic) bond motifs is 5. The minimum atomic E-state index is -3.26. The van der Waals surface area contributed by atoms with Crippen LogP contribution in [0.15, 0.2) is 24.3 Å². The molecule has 0 aromatic heterocycles. The Morgan fingerprint density at radius 1 is 1.07 bits per heavy atom. The third-order valence-corrected chi connectivity index (χ3v) is 7.50. The number of piperidine rings is 1. The Bertz CT molecular complexity index is 792. The lowest BCUT2D eigenvalue weighted by Crippen LogP contribution is -2.60. The molecule has 0 radical (unpaired) electrons. The fourth-order valence-electron chi connectivity index (χ4n) is 5.29. The molecule has 1 N–H and O–H groups in total. The number of sulfonamides is 1. The standard InChI is InChI=1S/C22H34N2O4S/c1-16-14-28-22-8-4-3-6-19(22)17-9-11-18(12-10-17)27-15-21-20(23-29(2,25)26)7-5-13-24(16)21/h3-4,6,8,16-18,20-21,23H,5,7,9-15H2,1-2H3/t16-,17?,18?,20?,21?/m0/s1. The van der Waals surface area contributed by atoms with Crippen molar-refractivity contribution in [2.45, 2.75) is 75.6 Å². The van der Waals surface area contributed by atoms with E-state index in [4.69, 9.17) is 9.47 Å². The van der Waals surface area contributed by atoms with Crippen molar-refractivity contribution >= 4 is 10.0 Å². The maximum absolute atomic E-state index is 11.9. The van der Waals surface area contributed by atoms with Crippen LogP contribution in [0.4, 0.5) is 0 Å². The second-order valence-electron chi connectivity index (χ2n) is 8.95. The van der Waals surface area contributed by atoms with Crippen molar-refractivity contribution in [1.29, 1.82) is 0 Å². The summed E-state index contributed by atoms with van der Waals surface area (Å²) < 4.78 is 39.5. The van der Waals surface area contributed by atoms with Gasteiger partial charge in [-0.1, -0.05) is 18.2 Å². The summed E-state index contributed by atoms with van der Waals surface area (Å²) in [5, 5.41) is 0. The van der Waals surface area contributed by atoms with E-state index in [0.717, 1.165) is 50.8 Å². The number of rotatable bonds is 2. The zero-order valence-electron chi connectivity index (χ0n) is 17.5. The van der Waals surface area contributed by atoms with E-state index in [1.165, 1.54) is 11.8 Å². The highest BCUT2D eigenvalue weighted by atomic mass is 32.2. The Labute approximate surface area is 175 Å². The first-order chi connectivity index (χ1) is 13.9. The first-order valence-electron chi connectivity index (χ1n) is 11.0. The van der Waals surface area contributed by atoms with Gasteiger partial charge in [-0.25, -0.2) is 13.1 Å². The van der Waals surface area contributed by atoms with Gasteiger partial charge in [-0.3, -0.25) is 4.90 Å². The molecule has 1 saturated heterocycles. The predicted molar refractivity (Wildman–Crippen MR) is 114 cm³/mol. The lowest BCUT2D eigenvalue weighted by Gasteiger charge is -2.44. The molecule has 2 unspecified atom stereocenters. The molecule has 1 aromatic rings. The third kappa shape index (κ3) is 5.13. The molecule has 1 aromatic carbocycles. The molecular formula is C22H34N2O4S. The molecule has 1 aliphatic carbocycles. The minimum Gasteiger partial charge on any atom is -0.492 e. The van der Waals surface area contributed by atoms with Crippen molar-refractivity contribution in [1.82, 2.24) is 9.62 Å². The van der Waals surface area contributed by atoms with Crippen molar-refractivity contribution in [3.05, 3.63) is 29.8 Å². The summed E-state index contributed by atoms with van der Waals surface area (Å²) in [5.41, 5.74) is 1.32. The van der Waals surface area contributed by atoms with Crippen LogP contribution in [-0.4, -0.2) is 63.6 Å². The predicted octanol–water partition coefficient (Wildman–Crippen LogP) is 2.89. The summed E-state index contributed by atoms with van der Waals surface area (Å²) in [6, 6.07) is 8.55. The van der Waals surface area contributed by atoms with Crippen LogP contribution in [-0.2, 0) is 14.8 Å². The molecule has 29 heavy (non-hydrogen) atoms. The summed E-state index contributed by atoms with van der Waals surface area (Å²) in [6.45, 7) is 4.27. The number of benzene rings is 1. The van der Waals surface area contributed by atoms with Crippen molar-refractivity contribution in [2.24, 2.45) is 0 Å². The summed E-state index contributed by atoms with van der Waals surface area (Å²) in [4.78, 5) is 2.39. The average Bonchev–Trinajstić information content (AvgIpc) is 2.71. The van der Waals surface area contributed by atoms with Gasteiger partial charge in [-0.15, -0.1) is 0 Å². The van der Waals surface area contributed by atoms with Gasteiger partial charge in [0.05, 0.1) is 19.0 Å². The second kappa shape index (κ2) is 8.92. The van der Waals surface area contributed by atoms with Crippen LogP contribution in [0.1, 0.15) is 56.9 Å². The van der Waals surface area contributed by atoms with Gasteiger partial charge < -0.3 is 9.47 Å². The SMILES string of the molecule is C[C@H]1COc2ccccc2C2CCC(CC2)OCC2C(NS(C)(=O)=O)CCCN21. The molecule has 7 heteroatoms. The molecule has 162 valence electrons. The molecule has 3 atom stereocenters. The van der Waals surface area contributed by atoms with E-state index in [-0.39, 0.29) is 24.2 Å². The Hall–Kier alpha value is -1.15. The number of ether oxygens (including phenoxy) is 2. The Kier molecular flexibility index (Phi) is 6.49. The highest BCUT2D eigenvalue weighted by Crippen LogP contribution is 2.39. The Morgan fingerprint density at radius 3 is 2.59 bits per heavy atom. The third-order valence-electron chi connectivity index (χ3n) is 6.77. The van der Waals surface area contributed by atoms with Crippen LogP contribution < -0.4 is 9.46 Å². The van der Waals surface area contributed by atoms with Crippen LogP contribution in [0, 0.1) is 0 Å². The minimum absolute atomic E-state index is 0.0331. The quantitative estimate of drug-likeness (QED) is 0.794. The number of nitrogens with zero attached hydrogens (tertiary/aromatic N) is 1. The molecule has 0 spiro atoms. The van der Waals surface area contributed by atoms with E-state index in [1.807, 2.05) is 6.07 Å². The van der Waals surface area contributed by atoms with Crippen molar-refractivity contribution < 1.29 is 17.9 Å². The highest BCUT2D eigenvalue weighted by molar-refractivity contribution is 7.88. The average molecular weight is 423 g/mol. The number of hydrogen-bond acceptors (Lipinski definition) is 5. The first-order valence-corrected chi connectivity index (χ1v) is 12.9. The first kappa shape index (κ1) is 21.1. The molecule has 2 fully saturated rings. The van der Waals surface area contributed by atoms with Crippen LogP contribution in [0.2, 0.25) is 0 Å². The number of hydrogen-bond donors (Lipinski definition) is 1. The summed E-state index contributed by atoms with van der Waals surface area (Å²) >= 11 is 0. The lowest BCUT2D eigenvalue weighted by molar-refractivity contribution is -0.0402. The van der Waals surface area contributed by atoms with Gasteiger partial charge in [0.15, 0.2) is 0 Å². The Balaban J connectivity index is 1.60. The van der Waals surface area contributed by atoms with Gasteiger partial charge in [-0.2, -0.15) is 0 Å². The van der Waals surface area contributed by atoms with E-state index in [9.17, 15) is 8.42 Å². The molecule has 4 aliphatic rings. The molecule has 6 nitrogen and oxygen atoms in total. The van der Waals surface area contributed by atoms with Crippen molar-refractivity contribution in [3.63, 3.8) is 0 Å². The van der Waals surface area contributed by atoms with Gasteiger partial charge in [-0.05, 0) is 69.5 Å². The fraction of sp³-hybridized carbons (Fsp3) is 0.727. The zero-order chi connectivity index (χ0) is 20.4. The topological polar surface area (TPSA) is 67.9 Å². The molecular weight excluding hydrogens is 388 g/mol. The van der Waals surface area contributed by atoms with Gasteiger partial charge >= 0.3 is 0 Å². The van der Waals surface area contributed by atoms with Gasteiger partial charge in [0, 0.05) is 18.1 Å². The molecule has 3 aliphatic heterocycles. The number of para-hydroxylation sites is 1. The van der Waals surface area contributed by atoms with Crippen molar-refractivity contribution in [2.75, 3.05) is 26.0 Å². The maximum Gasteiger partial charge on any atom is 0.209 e.